The van der Waals surface area contributed by atoms with Gasteiger partial charge in [0.1, 0.15) is 5.60 Å². The summed E-state index contributed by atoms with van der Waals surface area (Å²) >= 11 is 3.10. The lowest BCUT2D eigenvalue weighted by molar-refractivity contribution is -0.157. The Labute approximate surface area is 122 Å². The van der Waals surface area contributed by atoms with Gasteiger partial charge in [0.15, 0.2) is 4.83 Å². The maximum Gasteiger partial charge on any atom is 0.329 e. The molecule has 1 heterocycles. The highest BCUT2D eigenvalue weighted by atomic mass is 79.9. The van der Waals surface area contributed by atoms with Gasteiger partial charge in [0, 0.05) is 19.0 Å². The Morgan fingerprint density at radius 3 is 2.32 bits per heavy atom. The quantitative estimate of drug-likeness (QED) is 0.440. The van der Waals surface area contributed by atoms with E-state index in [1.54, 1.807) is 25.7 Å². The maximum atomic E-state index is 12.1. The SMILES string of the molecule is CC(C)(C)OC(=O)[C@H](Br)C(=O)N1CCC(C#N)CC1. The minimum atomic E-state index is -0.967. The molecule has 1 saturated heterocycles. The lowest BCUT2D eigenvalue weighted by atomic mass is 9.98. The van der Waals surface area contributed by atoms with Crippen molar-refractivity contribution in [3.05, 3.63) is 0 Å². The molecule has 19 heavy (non-hydrogen) atoms. The molecule has 1 atom stereocenters. The molecule has 6 heteroatoms. The molecule has 0 saturated carbocycles. The van der Waals surface area contributed by atoms with Crippen molar-refractivity contribution in [1.82, 2.24) is 4.90 Å². The number of likely N-dealkylation sites (tertiary alicyclic amines) is 1. The highest BCUT2D eigenvalue weighted by Gasteiger charge is 2.33. The van der Waals surface area contributed by atoms with Crippen LogP contribution in [0.25, 0.3) is 0 Å². The van der Waals surface area contributed by atoms with Gasteiger partial charge < -0.3 is 9.64 Å². The second kappa shape index (κ2) is 6.38. The van der Waals surface area contributed by atoms with Crippen LogP contribution in [0.15, 0.2) is 0 Å². The zero-order valence-electron chi connectivity index (χ0n) is 11.5. The van der Waals surface area contributed by atoms with Gasteiger partial charge in [-0.2, -0.15) is 5.26 Å². The third kappa shape index (κ3) is 4.83. The van der Waals surface area contributed by atoms with Gasteiger partial charge in [-0.05, 0) is 33.6 Å². The summed E-state index contributed by atoms with van der Waals surface area (Å²) in [5, 5.41) is 8.80. The molecular weight excluding hydrogens is 312 g/mol. The van der Waals surface area contributed by atoms with E-state index in [1.165, 1.54) is 0 Å². The highest BCUT2D eigenvalue weighted by molar-refractivity contribution is 9.10. The lowest BCUT2D eigenvalue weighted by Crippen LogP contribution is -2.45. The highest BCUT2D eigenvalue weighted by Crippen LogP contribution is 2.20. The van der Waals surface area contributed by atoms with Crippen molar-refractivity contribution in [3.63, 3.8) is 0 Å². The summed E-state index contributed by atoms with van der Waals surface area (Å²) in [5.74, 6) is -0.843. The fourth-order valence-electron chi connectivity index (χ4n) is 1.84. The van der Waals surface area contributed by atoms with Gasteiger partial charge in [-0.15, -0.1) is 0 Å². The second-order valence-corrected chi connectivity index (χ2v) is 6.54. The molecule has 0 aromatic heterocycles. The van der Waals surface area contributed by atoms with Gasteiger partial charge >= 0.3 is 5.97 Å². The van der Waals surface area contributed by atoms with Crippen molar-refractivity contribution in [2.24, 2.45) is 5.92 Å². The Bertz CT molecular complexity index is 390. The first-order chi connectivity index (χ1) is 8.74. The number of nitrogens with zero attached hydrogens (tertiary/aromatic N) is 2. The van der Waals surface area contributed by atoms with Crippen molar-refractivity contribution in [2.75, 3.05) is 13.1 Å². The summed E-state index contributed by atoms with van der Waals surface area (Å²) in [7, 11) is 0. The van der Waals surface area contributed by atoms with Gasteiger partial charge in [-0.1, -0.05) is 15.9 Å². The van der Waals surface area contributed by atoms with Crippen molar-refractivity contribution in [3.8, 4) is 6.07 Å². The fraction of sp³-hybridized carbons (Fsp3) is 0.769. The van der Waals surface area contributed by atoms with E-state index in [0.717, 1.165) is 0 Å². The lowest BCUT2D eigenvalue weighted by Gasteiger charge is -2.31. The number of ether oxygens (including phenoxy) is 1. The van der Waals surface area contributed by atoms with E-state index >= 15 is 0 Å². The van der Waals surface area contributed by atoms with Crippen LogP contribution in [0.2, 0.25) is 0 Å². The second-order valence-electron chi connectivity index (χ2n) is 5.62. The van der Waals surface area contributed by atoms with E-state index < -0.39 is 16.4 Å². The molecule has 0 aliphatic carbocycles. The van der Waals surface area contributed by atoms with Crippen LogP contribution in [0, 0.1) is 17.2 Å². The first-order valence-corrected chi connectivity index (χ1v) is 7.21. The van der Waals surface area contributed by atoms with Gasteiger partial charge in [0.25, 0.3) is 0 Å². The molecule has 1 aliphatic rings. The van der Waals surface area contributed by atoms with Crippen LogP contribution >= 0.6 is 15.9 Å². The molecule has 0 spiro atoms. The first-order valence-electron chi connectivity index (χ1n) is 6.30. The average molecular weight is 331 g/mol. The number of piperidine rings is 1. The Kier molecular flexibility index (Phi) is 5.36. The van der Waals surface area contributed by atoms with E-state index in [0.29, 0.717) is 25.9 Å². The number of amides is 1. The molecule has 0 radical (unpaired) electrons. The Balaban J connectivity index is 2.54. The van der Waals surface area contributed by atoms with E-state index in [9.17, 15) is 9.59 Å². The monoisotopic (exact) mass is 330 g/mol. The smallest absolute Gasteiger partial charge is 0.329 e. The van der Waals surface area contributed by atoms with Crippen LogP contribution in [0.5, 0.6) is 0 Å². The minimum Gasteiger partial charge on any atom is -0.459 e. The van der Waals surface area contributed by atoms with Crippen molar-refractivity contribution < 1.29 is 14.3 Å². The normalized spacial score (nSPS) is 18.6. The van der Waals surface area contributed by atoms with Gasteiger partial charge in [0.2, 0.25) is 5.91 Å². The summed E-state index contributed by atoms with van der Waals surface area (Å²) in [4.78, 5) is 24.6. The Morgan fingerprint density at radius 2 is 1.89 bits per heavy atom. The number of carbonyl (C=O) groups is 2. The molecule has 5 nitrogen and oxygen atoms in total. The molecule has 0 bridgehead atoms. The number of halogens is 1. The number of esters is 1. The minimum absolute atomic E-state index is 0.0133. The maximum absolute atomic E-state index is 12.1. The summed E-state index contributed by atoms with van der Waals surface area (Å²) < 4.78 is 5.17. The predicted molar refractivity (Wildman–Crippen MR) is 73.5 cm³/mol. The Morgan fingerprint density at radius 1 is 1.37 bits per heavy atom. The van der Waals surface area contributed by atoms with Crippen LogP contribution in [-0.2, 0) is 14.3 Å². The average Bonchev–Trinajstić information content (AvgIpc) is 2.35. The van der Waals surface area contributed by atoms with Crippen LogP contribution in [0.3, 0.4) is 0 Å². The molecular formula is C13H19BrN2O3. The summed E-state index contributed by atoms with van der Waals surface area (Å²) in [6.07, 6.45) is 1.33. The number of alkyl halides is 1. The number of carbonyl (C=O) groups excluding carboxylic acids is 2. The van der Waals surface area contributed by atoms with Crippen LogP contribution in [0.4, 0.5) is 0 Å². The molecule has 1 fully saturated rings. The van der Waals surface area contributed by atoms with Crippen LogP contribution in [-0.4, -0.2) is 40.3 Å². The third-order valence-corrected chi connectivity index (χ3v) is 3.59. The van der Waals surface area contributed by atoms with E-state index in [1.807, 2.05) is 0 Å². The molecule has 0 unspecified atom stereocenters. The topological polar surface area (TPSA) is 70.4 Å². The number of nitriles is 1. The van der Waals surface area contributed by atoms with Crippen LogP contribution in [0.1, 0.15) is 33.6 Å². The van der Waals surface area contributed by atoms with E-state index in [4.69, 9.17) is 10.00 Å². The molecule has 0 N–H and O–H groups in total. The molecule has 1 aliphatic heterocycles. The molecule has 1 amide bonds. The Hall–Kier alpha value is -1.09. The summed E-state index contributed by atoms with van der Waals surface area (Å²) in [6.45, 7) is 6.30. The fourth-order valence-corrected chi connectivity index (χ4v) is 2.23. The summed E-state index contributed by atoms with van der Waals surface area (Å²) in [6, 6.07) is 2.21. The first kappa shape index (κ1) is 16.0. The number of hydrogen-bond acceptors (Lipinski definition) is 4. The van der Waals surface area contributed by atoms with Crippen molar-refractivity contribution >= 4 is 27.8 Å². The zero-order valence-corrected chi connectivity index (χ0v) is 13.1. The molecule has 0 aromatic carbocycles. The number of hydrogen-bond donors (Lipinski definition) is 0. The molecule has 0 aromatic rings. The van der Waals surface area contributed by atoms with Crippen molar-refractivity contribution in [1.29, 1.82) is 5.26 Å². The van der Waals surface area contributed by atoms with Gasteiger partial charge in [-0.25, -0.2) is 0 Å². The third-order valence-electron chi connectivity index (χ3n) is 2.82. The standard InChI is InChI=1S/C13H19BrN2O3/c1-13(2,3)19-12(18)10(14)11(17)16-6-4-9(8-15)5-7-16/h9-10H,4-7H2,1-3H3/t10-/m1/s1. The molecule has 1 rings (SSSR count). The van der Waals surface area contributed by atoms with Gasteiger partial charge in [-0.3, -0.25) is 9.59 Å². The van der Waals surface area contributed by atoms with E-state index in [2.05, 4.69) is 22.0 Å². The van der Waals surface area contributed by atoms with Crippen LogP contribution < -0.4 is 0 Å². The number of rotatable bonds is 2. The van der Waals surface area contributed by atoms with Crippen molar-refractivity contribution in [2.45, 2.75) is 44.0 Å². The molecule has 106 valence electrons. The van der Waals surface area contributed by atoms with Gasteiger partial charge in [0.05, 0.1) is 6.07 Å². The summed E-state index contributed by atoms with van der Waals surface area (Å²) in [5.41, 5.74) is -0.614. The predicted octanol–water partition coefficient (Wildman–Crippen LogP) is 1.85. The zero-order chi connectivity index (χ0) is 14.6. The largest absolute Gasteiger partial charge is 0.459 e. The van der Waals surface area contributed by atoms with E-state index in [-0.39, 0.29) is 11.8 Å².